The number of carbonyl (C=O) groups excluding carboxylic acids is 1. The van der Waals surface area contributed by atoms with Gasteiger partial charge in [0.15, 0.2) is 0 Å². The third-order valence-corrected chi connectivity index (χ3v) is 6.17. The van der Waals surface area contributed by atoms with Gasteiger partial charge >= 0.3 is 0 Å². The summed E-state index contributed by atoms with van der Waals surface area (Å²) in [5.41, 5.74) is 3.15. The third-order valence-electron chi connectivity index (χ3n) is 4.08. The Kier molecular flexibility index (Phi) is 5.31. The Morgan fingerprint density at radius 2 is 1.96 bits per heavy atom. The van der Waals surface area contributed by atoms with Gasteiger partial charge in [-0.25, -0.2) is 14.6 Å². The van der Waals surface area contributed by atoms with Gasteiger partial charge in [0, 0.05) is 28.4 Å². The molecule has 3 aromatic heterocycles. The second-order valence-electron chi connectivity index (χ2n) is 6.56. The van der Waals surface area contributed by atoms with Gasteiger partial charge in [0.05, 0.1) is 29.1 Å². The number of para-hydroxylation sites is 1. The molecular formula is C20H19N5OS2. The highest BCUT2D eigenvalue weighted by atomic mass is 32.1. The maximum absolute atomic E-state index is 12.4. The lowest BCUT2D eigenvalue weighted by Crippen LogP contribution is -2.23. The molecule has 0 saturated carbocycles. The van der Waals surface area contributed by atoms with Gasteiger partial charge in [0.2, 0.25) is 0 Å². The van der Waals surface area contributed by atoms with Crippen LogP contribution in [0.3, 0.4) is 0 Å². The molecule has 0 atom stereocenters. The Bertz CT molecular complexity index is 1080. The summed E-state index contributed by atoms with van der Waals surface area (Å²) in [7, 11) is 0. The maximum atomic E-state index is 12.4. The summed E-state index contributed by atoms with van der Waals surface area (Å²) in [6, 6.07) is 9.88. The van der Waals surface area contributed by atoms with E-state index in [1.165, 1.54) is 11.3 Å². The maximum Gasteiger partial charge on any atom is 0.271 e. The van der Waals surface area contributed by atoms with E-state index >= 15 is 0 Å². The highest BCUT2D eigenvalue weighted by molar-refractivity contribution is 7.13. The number of nitrogens with one attached hydrogen (secondary N) is 1. The summed E-state index contributed by atoms with van der Waals surface area (Å²) in [6.07, 6.45) is 3.68. The van der Waals surface area contributed by atoms with Crippen molar-refractivity contribution in [2.45, 2.75) is 26.3 Å². The minimum atomic E-state index is -0.197. The predicted octanol–water partition coefficient (Wildman–Crippen LogP) is 4.51. The van der Waals surface area contributed by atoms with Gasteiger partial charge < -0.3 is 5.32 Å². The average Bonchev–Trinajstić information content (AvgIpc) is 3.47. The predicted molar refractivity (Wildman–Crippen MR) is 112 cm³/mol. The van der Waals surface area contributed by atoms with Crippen LogP contribution in [0.5, 0.6) is 0 Å². The second kappa shape index (κ2) is 8.04. The zero-order chi connectivity index (χ0) is 19.5. The van der Waals surface area contributed by atoms with Crippen molar-refractivity contribution in [3.63, 3.8) is 0 Å². The van der Waals surface area contributed by atoms with E-state index in [-0.39, 0.29) is 5.91 Å². The number of hydrogen-bond donors (Lipinski definition) is 1. The van der Waals surface area contributed by atoms with Crippen LogP contribution >= 0.6 is 22.7 Å². The first-order valence-corrected chi connectivity index (χ1v) is 10.6. The van der Waals surface area contributed by atoms with Crippen LogP contribution in [0, 0.1) is 0 Å². The van der Waals surface area contributed by atoms with E-state index in [9.17, 15) is 4.79 Å². The lowest BCUT2D eigenvalue weighted by molar-refractivity contribution is 0.0946. The summed E-state index contributed by atoms with van der Waals surface area (Å²) < 4.78 is 1.80. The van der Waals surface area contributed by atoms with E-state index in [0.717, 1.165) is 27.0 Å². The first kappa shape index (κ1) is 18.5. The number of benzene rings is 1. The Balaban J connectivity index is 1.42. The lowest BCUT2D eigenvalue weighted by atomic mass is 10.2. The largest absolute Gasteiger partial charge is 0.345 e. The SMILES string of the molecule is CC(C)c1nc(CNC(=O)c2csc(-c3cnn(-c4ccccc4)c3)n2)cs1. The summed E-state index contributed by atoms with van der Waals surface area (Å²) in [4.78, 5) is 21.4. The molecule has 1 N–H and O–H groups in total. The van der Waals surface area contributed by atoms with Crippen LogP contribution in [-0.4, -0.2) is 25.7 Å². The molecular weight excluding hydrogens is 390 g/mol. The number of nitrogens with zero attached hydrogens (tertiary/aromatic N) is 4. The first-order chi connectivity index (χ1) is 13.6. The zero-order valence-electron chi connectivity index (χ0n) is 15.5. The van der Waals surface area contributed by atoms with Gasteiger partial charge in [-0.15, -0.1) is 22.7 Å². The molecule has 8 heteroatoms. The summed E-state index contributed by atoms with van der Waals surface area (Å²) in [5.74, 6) is 0.199. The monoisotopic (exact) mass is 409 g/mol. The Hall–Kier alpha value is -2.84. The number of carbonyl (C=O) groups is 1. The Morgan fingerprint density at radius 3 is 2.71 bits per heavy atom. The van der Waals surface area contributed by atoms with E-state index in [1.807, 2.05) is 41.9 Å². The molecule has 0 aliphatic rings. The Labute approximate surface area is 170 Å². The van der Waals surface area contributed by atoms with Gasteiger partial charge in [-0.1, -0.05) is 32.0 Å². The van der Waals surface area contributed by atoms with E-state index in [4.69, 9.17) is 0 Å². The molecule has 4 rings (SSSR count). The summed E-state index contributed by atoms with van der Waals surface area (Å²) in [5, 5.41) is 12.9. The van der Waals surface area contributed by atoms with Gasteiger partial charge in [0.1, 0.15) is 10.7 Å². The molecule has 0 spiro atoms. The normalized spacial score (nSPS) is 11.1. The highest BCUT2D eigenvalue weighted by Crippen LogP contribution is 2.24. The first-order valence-electron chi connectivity index (χ1n) is 8.88. The molecule has 0 radical (unpaired) electrons. The second-order valence-corrected chi connectivity index (χ2v) is 8.31. The average molecular weight is 410 g/mol. The molecule has 142 valence electrons. The minimum Gasteiger partial charge on any atom is -0.345 e. The molecule has 28 heavy (non-hydrogen) atoms. The molecule has 0 saturated heterocycles. The number of amides is 1. The quantitative estimate of drug-likeness (QED) is 0.509. The molecule has 0 aliphatic carbocycles. The number of rotatable bonds is 6. The van der Waals surface area contributed by atoms with Crippen LogP contribution in [0.2, 0.25) is 0 Å². The standard InChI is InChI=1S/C20H19N5OS2/c1-13(2)19-23-15(11-27-19)9-21-18(26)17-12-28-20(24-17)14-8-22-25(10-14)16-6-4-3-5-7-16/h3-8,10-13H,9H2,1-2H3,(H,21,26). The minimum absolute atomic E-state index is 0.197. The van der Waals surface area contributed by atoms with Crippen LogP contribution in [0.1, 0.15) is 41.0 Å². The van der Waals surface area contributed by atoms with E-state index < -0.39 is 0 Å². The number of hydrogen-bond acceptors (Lipinski definition) is 6. The van der Waals surface area contributed by atoms with E-state index in [0.29, 0.717) is 18.2 Å². The molecule has 4 aromatic rings. The molecule has 6 nitrogen and oxygen atoms in total. The van der Waals surface area contributed by atoms with Crippen molar-refractivity contribution in [2.24, 2.45) is 0 Å². The molecule has 1 aromatic carbocycles. The van der Waals surface area contributed by atoms with Crippen LogP contribution in [-0.2, 0) is 6.54 Å². The van der Waals surface area contributed by atoms with Gasteiger partial charge in [0.25, 0.3) is 5.91 Å². The van der Waals surface area contributed by atoms with Crippen molar-refractivity contribution >= 4 is 28.6 Å². The molecule has 0 fully saturated rings. The topological polar surface area (TPSA) is 72.7 Å². The number of thiazole rings is 2. The van der Waals surface area contributed by atoms with Crippen molar-refractivity contribution in [3.05, 3.63) is 69.9 Å². The smallest absolute Gasteiger partial charge is 0.271 e. The highest BCUT2D eigenvalue weighted by Gasteiger charge is 2.14. The zero-order valence-corrected chi connectivity index (χ0v) is 17.1. The van der Waals surface area contributed by atoms with E-state index in [1.54, 1.807) is 27.6 Å². The summed E-state index contributed by atoms with van der Waals surface area (Å²) in [6.45, 7) is 4.62. The molecule has 0 aliphatic heterocycles. The summed E-state index contributed by atoms with van der Waals surface area (Å²) >= 11 is 3.05. The lowest BCUT2D eigenvalue weighted by Gasteiger charge is -2.01. The van der Waals surface area contributed by atoms with Gasteiger partial charge in [-0.3, -0.25) is 4.79 Å². The molecule has 1 amide bonds. The van der Waals surface area contributed by atoms with Crippen molar-refractivity contribution in [1.29, 1.82) is 0 Å². The fourth-order valence-electron chi connectivity index (χ4n) is 2.60. The third kappa shape index (κ3) is 4.02. The fourth-order valence-corrected chi connectivity index (χ4v) is 4.21. The van der Waals surface area contributed by atoms with Crippen LogP contribution < -0.4 is 5.32 Å². The van der Waals surface area contributed by atoms with Crippen molar-refractivity contribution in [3.8, 4) is 16.3 Å². The van der Waals surface area contributed by atoms with Crippen LogP contribution in [0.4, 0.5) is 0 Å². The molecule has 0 bridgehead atoms. The van der Waals surface area contributed by atoms with Crippen molar-refractivity contribution in [2.75, 3.05) is 0 Å². The van der Waals surface area contributed by atoms with Crippen LogP contribution in [0.15, 0.2) is 53.5 Å². The fraction of sp³-hybridized carbons (Fsp3) is 0.200. The van der Waals surface area contributed by atoms with E-state index in [2.05, 4.69) is 34.2 Å². The van der Waals surface area contributed by atoms with Crippen molar-refractivity contribution in [1.82, 2.24) is 25.1 Å². The number of aromatic nitrogens is 4. The molecule has 3 heterocycles. The van der Waals surface area contributed by atoms with Crippen LogP contribution in [0.25, 0.3) is 16.3 Å². The Morgan fingerprint density at radius 1 is 1.14 bits per heavy atom. The molecule has 0 unspecified atom stereocenters. The van der Waals surface area contributed by atoms with Gasteiger partial charge in [-0.05, 0) is 12.1 Å². The van der Waals surface area contributed by atoms with Gasteiger partial charge in [-0.2, -0.15) is 5.10 Å². The van der Waals surface area contributed by atoms with Crippen molar-refractivity contribution < 1.29 is 4.79 Å².